The smallest absolute Gasteiger partial charge is 0.228 e. The van der Waals surface area contributed by atoms with Gasteiger partial charge in [-0.25, -0.2) is 0 Å². The van der Waals surface area contributed by atoms with E-state index in [9.17, 15) is 0 Å². The van der Waals surface area contributed by atoms with E-state index in [-0.39, 0.29) is 5.41 Å². The summed E-state index contributed by atoms with van der Waals surface area (Å²) in [5, 5.41) is 7.54. The molecule has 1 aliphatic carbocycles. The molecule has 0 aliphatic heterocycles. The molecule has 1 aromatic rings. The van der Waals surface area contributed by atoms with Gasteiger partial charge in [0, 0.05) is 18.4 Å². The standard InChI is InChI=1S/C15H27N3O/c1-10-6-7-11(8-10)14-17-13(19-18-14)9-12(16-5)15(2,3)4/h10-12,16H,6-9H2,1-5H3. The first-order valence-electron chi connectivity index (χ1n) is 7.40. The van der Waals surface area contributed by atoms with E-state index in [1.54, 1.807) is 0 Å². The first-order valence-corrected chi connectivity index (χ1v) is 7.40. The largest absolute Gasteiger partial charge is 0.339 e. The number of nitrogens with zero attached hydrogens (tertiary/aromatic N) is 2. The Balaban J connectivity index is 2.01. The van der Waals surface area contributed by atoms with E-state index in [2.05, 4.69) is 43.2 Å². The monoisotopic (exact) mass is 265 g/mol. The van der Waals surface area contributed by atoms with Gasteiger partial charge in [-0.1, -0.05) is 32.9 Å². The lowest BCUT2D eigenvalue weighted by atomic mass is 9.85. The van der Waals surface area contributed by atoms with Gasteiger partial charge in [0.15, 0.2) is 5.82 Å². The molecule has 3 atom stereocenters. The van der Waals surface area contributed by atoms with E-state index in [0.717, 1.165) is 24.1 Å². The molecule has 1 aromatic heterocycles. The maximum absolute atomic E-state index is 5.44. The molecule has 108 valence electrons. The lowest BCUT2D eigenvalue weighted by Crippen LogP contribution is -2.39. The quantitative estimate of drug-likeness (QED) is 0.908. The summed E-state index contributed by atoms with van der Waals surface area (Å²) in [5.74, 6) is 2.99. The van der Waals surface area contributed by atoms with Gasteiger partial charge in [-0.05, 0) is 37.6 Å². The molecule has 19 heavy (non-hydrogen) atoms. The number of hydrogen-bond acceptors (Lipinski definition) is 4. The van der Waals surface area contributed by atoms with Crippen molar-refractivity contribution in [3.63, 3.8) is 0 Å². The van der Waals surface area contributed by atoms with Crippen LogP contribution in [0.5, 0.6) is 0 Å². The van der Waals surface area contributed by atoms with E-state index in [1.807, 2.05) is 7.05 Å². The number of rotatable bonds is 4. The molecule has 1 saturated carbocycles. The van der Waals surface area contributed by atoms with Gasteiger partial charge in [0.2, 0.25) is 5.89 Å². The Hall–Kier alpha value is -0.900. The van der Waals surface area contributed by atoms with Crippen molar-refractivity contribution in [1.29, 1.82) is 0 Å². The molecule has 2 rings (SSSR count). The topological polar surface area (TPSA) is 51.0 Å². The van der Waals surface area contributed by atoms with Crippen molar-refractivity contribution in [2.75, 3.05) is 7.05 Å². The third-order valence-electron chi connectivity index (χ3n) is 4.32. The van der Waals surface area contributed by atoms with Gasteiger partial charge in [0.1, 0.15) is 0 Å². The Morgan fingerprint density at radius 3 is 2.63 bits per heavy atom. The summed E-state index contributed by atoms with van der Waals surface area (Å²) in [6.45, 7) is 8.98. The van der Waals surface area contributed by atoms with Crippen LogP contribution in [0.25, 0.3) is 0 Å². The molecule has 0 saturated heterocycles. The van der Waals surface area contributed by atoms with Crippen LogP contribution in [0, 0.1) is 11.3 Å². The fourth-order valence-corrected chi connectivity index (χ4v) is 2.97. The normalized spacial score (nSPS) is 25.7. The molecule has 0 bridgehead atoms. The molecule has 1 fully saturated rings. The van der Waals surface area contributed by atoms with Crippen LogP contribution in [0.1, 0.15) is 64.6 Å². The van der Waals surface area contributed by atoms with E-state index >= 15 is 0 Å². The van der Waals surface area contributed by atoms with Gasteiger partial charge in [-0.2, -0.15) is 4.98 Å². The molecule has 0 amide bonds. The highest BCUT2D eigenvalue weighted by Crippen LogP contribution is 2.36. The summed E-state index contributed by atoms with van der Waals surface area (Å²) in [6, 6.07) is 0.350. The lowest BCUT2D eigenvalue weighted by Gasteiger charge is -2.29. The van der Waals surface area contributed by atoms with Crippen LogP contribution in [0.15, 0.2) is 4.52 Å². The number of hydrogen-bond donors (Lipinski definition) is 1. The van der Waals surface area contributed by atoms with E-state index in [4.69, 9.17) is 4.52 Å². The fraction of sp³-hybridized carbons (Fsp3) is 0.867. The predicted octanol–water partition coefficient (Wildman–Crippen LogP) is 3.15. The predicted molar refractivity (Wildman–Crippen MR) is 76.1 cm³/mol. The zero-order valence-electron chi connectivity index (χ0n) is 12.9. The van der Waals surface area contributed by atoms with Crippen molar-refractivity contribution in [3.8, 4) is 0 Å². The summed E-state index contributed by atoms with van der Waals surface area (Å²) in [4.78, 5) is 4.61. The second-order valence-electron chi connectivity index (χ2n) is 7.07. The van der Waals surface area contributed by atoms with Crippen molar-refractivity contribution >= 4 is 0 Å². The summed E-state index contributed by atoms with van der Waals surface area (Å²) >= 11 is 0. The minimum Gasteiger partial charge on any atom is -0.339 e. The van der Waals surface area contributed by atoms with Crippen LogP contribution in [0.3, 0.4) is 0 Å². The Labute approximate surface area is 116 Å². The second kappa shape index (κ2) is 5.61. The van der Waals surface area contributed by atoms with Crippen LogP contribution >= 0.6 is 0 Å². The Kier molecular flexibility index (Phi) is 4.29. The average Bonchev–Trinajstić information content (AvgIpc) is 2.92. The first kappa shape index (κ1) is 14.5. The van der Waals surface area contributed by atoms with E-state index < -0.39 is 0 Å². The van der Waals surface area contributed by atoms with Crippen molar-refractivity contribution in [2.45, 2.75) is 65.3 Å². The van der Waals surface area contributed by atoms with Gasteiger partial charge < -0.3 is 9.84 Å². The zero-order chi connectivity index (χ0) is 14.0. The molecule has 0 spiro atoms. The Morgan fingerprint density at radius 1 is 1.37 bits per heavy atom. The van der Waals surface area contributed by atoms with Gasteiger partial charge in [0.25, 0.3) is 0 Å². The fourth-order valence-electron chi connectivity index (χ4n) is 2.97. The molecule has 1 heterocycles. The van der Waals surface area contributed by atoms with Crippen LogP contribution in [-0.2, 0) is 6.42 Å². The van der Waals surface area contributed by atoms with Crippen molar-refractivity contribution in [1.82, 2.24) is 15.5 Å². The summed E-state index contributed by atoms with van der Waals surface area (Å²) in [5.41, 5.74) is 0.186. The minimum absolute atomic E-state index is 0.186. The van der Waals surface area contributed by atoms with Crippen LogP contribution in [-0.4, -0.2) is 23.2 Å². The summed E-state index contributed by atoms with van der Waals surface area (Å²) in [7, 11) is 1.99. The van der Waals surface area contributed by atoms with Crippen LogP contribution in [0.4, 0.5) is 0 Å². The van der Waals surface area contributed by atoms with Crippen molar-refractivity contribution in [3.05, 3.63) is 11.7 Å². The van der Waals surface area contributed by atoms with Gasteiger partial charge in [0.05, 0.1) is 0 Å². The zero-order valence-corrected chi connectivity index (χ0v) is 12.9. The number of likely N-dealkylation sites (N-methyl/N-ethyl adjacent to an activating group) is 1. The molecule has 1 N–H and O–H groups in total. The lowest BCUT2D eigenvalue weighted by molar-refractivity contribution is 0.255. The summed E-state index contributed by atoms with van der Waals surface area (Å²) in [6.07, 6.45) is 4.49. The average molecular weight is 265 g/mol. The highest BCUT2D eigenvalue weighted by molar-refractivity contribution is 5.00. The molecule has 4 heteroatoms. The first-order chi connectivity index (χ1) is 8.90. The third kappa shape index (κ3) is 3.56. The molecule has 1 aliphatic rings. The highest BCUT2D eigenvalue weighted by Gasteiger charge is 2.29. The minimum atomic E-state index is 0.186. The molecule has 0 aromatic carbocycles. The highest BCUT2D eigenvalue weighted by atomic mass is 16.5. The van der Waals surface area contributed by atoms with Crippen LogP contribution in [0.2, 0.25) is 0 Å². The van der Waals surface area contributed by atoms with E-state index in [0.29, 0.717) is 12.0 Å². The van der Waals surface area contributed by atoms with E-state index in [1.165, 1.54) is 19.3 Å². The van der Waals surface area contributed by atoms with Crippen molar-refractivity contribution < 1.29 is 4.52 Å². The maximum Gasteiger partial charge on any atom is 0.228 e. The van der Waals surface area contributed by atoms with Gasteiger partial charge in [-0.3, -0.25) is 0 Å². The molecule has 0 radical (unpaired) electrons. The summed E-state index contributed by atoms with van der Waals surface area (Å²) < 4.78 is 5.44. The van der Waals surface area contributed by atoms with Crippen molar-refractivity contribution in [2.24, 2.45) is 11.3 Å². The molecule has 4 nitrogen and oxygen atoms in total. The number of nitrogens with one attached hydrogen (secondary N) is 1. The van der Waals surface area contributed by atoms with Gasteiger partial charge >= 0.3 is 0 Å². The molecule has 3 unspecified atom stereocenters. The van der Waals surface area contributed by atoms with Gasteiger partial charge in [-0.15, -0.1) is 0 Å². The SMILES string of the molecule is CNC(Cc1nc(C2CCC(C)C2)no1)C(C)(C)C. The molecular formula is C15H27N3O. The Morgan fingerprint density at radius 2 is 2.11 bits per heavy atom. The number of aromatic nitrogens is 2. The Bertz CT molecular complexity index is 408. The van der Waals surface area contributed by atoms with Crippen LogP contribution < -0.4 is 5.32 Å². The second-order valence-corrected chi connectivity index (χ2v) is 7.07. The third-order valence-corrected chi connectivity index (χ3v) is 4.32. The molecular weight excluding hydrogens is 238 g/mol. The maximum atomic E-state index is 5.44.